The van der Waals surface area contributed by atoms with Crippen LogP contribution in [-0.4, -0.2) is 64.0 Å². The number of hydrogen-bond acceptors (Lipinski definition) is 7. The van der Waals surface area contributed by atoms with Crippen molar-refractivity contribution in [3.05, 3.63) is 48.4 Å². The fourth-order valence-corrected chi connectivity index (χ4v) is 3.48. The Bertz CT molecular complexity index is 1050. The number of carbonyl (C=O) groups excluding carboxylic acids is 1. The summed E-state index contributed by atoms with van der Waals surface area (Å²) in [5.74, 6) is 1.39. The van der Waals surface area contributed by atoms with Gasteiger partial charge in [-0.2, -0.15) is 10.1 Å². The molecule has 1 aliphatic rings. The standard InChI is InChI=1S/C21H23N5O4/c1-25-17(10-16(24-25)15-6-4-5-7-18(15)28-2)21(27)26-9-8-14(13-26)30-20-12-22-11-19(23-20)29-3/h4-7,10-12,14H,8-9,13H2,1-3H3. The number of methoxy groups -OCH3 is 2. The Morgan fingerprint density at radius 2 is 1.93 bits per heavy atom. The molecule has 2 aromatic heterocycles. The maximum Gasteiger partial charge on any atom is 0.272 e. The first kappa shape index (κ1) is 19.7. The summed E-state index contributed by atoms with van der Waals surface area (Å²) < 4.78 is 18.0. The van der Waals surface area contributed by atoms with Crippen molar-refractivity contribution in [2.45, 2.75) is 12.5 Å². The molecule has 0 spiro atoms. The topological polar surface area (TPSA) is 91.6 Å². The molecule has 1 atom stereocenters. The summed E-state index contributed by atoms with van der Waals surface area (Å²) >= 11 is 0. The molecule has 0 saturated carbocycles. The van der Waals surface area contributed by atoms with E-state index in [1.807, 2.05) is 24.3 Å². The SMILES string of the molecule is COc1cncc(OC2CCN(C(=O)c3cc(-c4ccccc4OC)nn3C)C2)n1. The average Bonchev–Trinajstić information content (AvgIpc) is 3.40. The van der Waals surface area contributed by atoms with Crippen LogP contribution in [0.4, 0.5) is 0 Å². The molecule has 1 amide bonds. The molecule has 1 aromatic carbocycles. The van der Waals surface area contributed by atoms with E-state index in [1.165, 1.54) is 19.5 Å². The van der Waals surface area contributed by atoms with Crippen molar-refractivity contribution < 1.29 is 19.0 Å². The van der Waals surface area contributed by atoms with Gasteiger partial charge in [0.1, 0.15) is 17.5 Å². The van der Waals surface area contributed by atoms with Gasteiger partial charge in [0.15, 0.2) is 0 Å². The summed E-state index contributed by atoms with van der Waals surface area (Å²) in [5, 5.41) is 4.51. The van der Waals surface area contributed by atoms with Crippen molar-refractivity contribution in [1.29, 1.82) is 0 Å². The summed E-state index contributed by atoms with van der Waals surface area (Å²) in [6, 6.07) is 9.40. The van der Waals surface area contributed by atoms with Gasteiger partial charge in [0.05, 0.1) is 38.9 Å². The Morgan fingerprint density at radius 1 is 1.13 bits per heavy atom. The summed E-state index contributed by atoms with van der Waals surface area (Å²) in [5.41, 5.74) is 2.04. The van der Waals surface area contributed by atoms with Crippen LogP contribution < -0.4 is 14.2 Å². The quantitative estimate of drug-likeness (QED) is 0.616. The normalized spacial score (nSPS) is 15.8. The fourth-order valence-electron chi connectivity index (χ4n) is 3.48. The minimum atomic E-state index is -0.155. The second-order valence-corrected chi connectivity index (χ2v) is 6.92. The molecule has 3 heterocycles. The zero-order valence-electron chi connectivity index (χ0n) is 17.1. The number of likely N-dealkylation sites (tertiary alicyclic amines) is 1. The number of benzene rings is 1. The van der Waals surface area contributed by atoms with Crippen LogP contribution in [0.15, 0.2) is 42.7 Å². The van der Waals surface area contributed by atoms with Crippen LogP contribution in [0.1, 0.15) is 16.9 Å². The highest BCUT2D eigenvalue weighted by molar-refractivity contribution is 5.94. The second kappa shape index (κ2) is 8.40. The Labute approximate surface area is 174 Å². The third kappa shape index (κ3) is 3.91. The minimum absolute atomic E-state index is 0.0889. The number of carbonyl (C=O) groups is 1. The number of ether oxygens (including phenoxy) is 3. The van der Waals surface area contributed by atoms with Crippen LogP contribution in [-0.2, 0) is 7.05 Å². The van der Waals surface area contributed by atoms with Gasteiger partial charge in [-0.3, -0.25) is 14.5 Å². The number of nitrogens with zero attached hydrogens (tertiary/aromatic N) is 5. The van der Waals surface area contributed by atoms with Crippen molar-refractivity contribution >= 4 is 5.91 Å². The first-order chi connectivity index (χ1) is 14.6. The summed E-state index contributed by atoms with van der Waals surface area (Å²) in [6.45, 7) is 1.06. The van der Waals surface area contributed by atoms with Gasteiger partial charge in [0.2, 0.25) is 11.8 Å². The first-order valence-electron chi connectivity index (χ1n) is 9.58. The zero-order chi connectivity index (χ0) is 21.1. The first-order valence-corrected chi connectivity index (χ1v) is 9.58. The van der Waals surface area contributed by atoms with Gasteiger partial charge in [-0.25, -0.2) is 0 Å². The van der Waals surface area contributed by atoms with E-state index in [0.29, 0.717) is 48.4 Å². The average molecular weight is 409 g/mol. The van der Waals surface area contributed by atoms with Gasteiger partial charge in [-0.05, 0) is 18.2 Å². The maximum absolute atomic E-state index is 13.1. The lowest BCUT2D eigenvalue weighted by molar-refractivity contribution is 0.0760. The molecule has 4 rings (SSSR count). The monoisotopic (exact) mass is 409 g/mol. The van der Waals surface area contributed by atoms with Crippen molar-refractivity contribution in [2.75, 3.05) is 27.3 Å². The predicted octanol–water partition coefficient (Wildman–Crippen LogP) is 2.19. The van der Waals surface area contributed by atoms with Crippen LogP contribution in [0.2, 0.25) is 0 Å². The molecule has 9 nitrogen and oxygen atoms in total. The maximum atomic E-state index is 13.1. The van der Waals surface area contributed by atoms with Gasteiger partial charge < -0.3 is 19.1 Å². The van der Waals surface area contributed by atoms with Crippen LogP contribution in [0.3, 0.4) is 0 Å². The molecule has 0 N–H and O–H groups in total. The molecule has 30 heavy (non-hydrogen) atoms. The lowest BCUT2D eigenvalue weighted by Crippen LogP contribution is -2.32. The van der Waals surface area contributed by atoms with Gasteiger partial charge in [-0.15, -0.1) is 0 Å². The van der Waals surface area contributed by atoms with Gasteiger partial charge >= 0.3 is 0 Å². The lowest BCUT2D eigenvalue weighted by Gasteiger charge is -2.16. The number of hydrogen-bond donors (Lipinski definition) is 0. The van der Waals surface area contributed by atoms with Crippen molar-refractivity contribution in [1.82, 2.24) is 24.6 Å². The van der Waals surface area contributed by atoms with Crippen LogP contribution in [0.5, 0.6) is 17.5 Å². The largest absolute Gasteiger partial charge is 0.496 e. The van der Waals surface area contributed by atoms with E-state index in [2.05, 4.69) is 15.1 Å². The van der Waals surface area contributed by atoms with Crippen LogP contribution in [0, 0.1) is 0 Å². The summed E-state index contributed by atoms with van der Waals surface area (Å²) in [7, 11) is 4.91. The number of aryl methyl sites for hydroxylation is 1. The molecular formula is C21H23N5O4. The molecule has 1 aliphatic heterocycles. The number of rotatable bonds is 6. The molecule has 9 heteroatoms. The Hall–Kier alpha value is -3.62. The molecule has 0 radical (unpaired) electrons. The molecule has 3 aromatic rings. The third-order valence-electron chi connectivity index (χ3n) is 5.00. The lowest BCUT2D eigenvalue weighted by atomic mass is 10.1. The predicted molar refractivity (Wildman–Crippen MR) is 109 cm³/mol. The van der Waals surface area contributed by atoms with Crippen LogP contribution in [0.25, 0.3) is 11.3 Å². The number of para-hydroxylation sites is 1. The van der Waals surface area contributed by atoms with Crippen molar-refractivity contribution in [3.63, 3.8) is 0 Å². The number of amides is 1. The molecule has 0 bridgehead atoms. The van der Waals surface area contributed by atoms with Crippen LogP contribution >= 0.6 is 0 Å². The highest BCUT2D eigenvalue weighted by Gasteiger charge is 2.30. The Balaban J connectivity index is 1.47. The van der Waals surface area contributed by atoms with E-state index >= 15 is 0 Å². The summed E-state index contributed by atoms with van der Waals surface area (Å²) in [4.78, 5) is 23.1. The molecular weight excluding hydrogens is 386 g/mol. The molecule has 156 valence electrons. The summed E-state index contributed by atoms with van der Waals surface area (Å²) in [6.07, 6.45) is 3.60. The van der Waals surface area contributed by atoms with Gasteiger partial charge in [-0.1, -0.05) is 12.1 Å². The highest BCUT2D eigenvalue weighted by atomic mass is 16.5. The molecule has 1 saturated heterocycles. The molecule has 1 unspecified atom stereocenters. The Morgan fingerprint density at radius 3 is 2.73 bits per heavy atom. The zero-order valence-corrected chi connectivity index (χ0v) is 17.1. The smallest absolute Gasteiger partial charge is 0.272 e. The van der Waals surface area contributed by atoms with Gasteiger partial charge in [0.25, 0.3) is 5.91 Å². The number of aromatic nitrogens is 4. The molecule has 1 fully saturated rings. The van der Waals surface area contributed by atoms with Gasteiger partial charge in [0, 0.05) is 25.6 Å². The van der Waals surface area contributed by atoms with Crippen molar-refractivity contribution in [3.8, 4) is 28.8 Å². The van der Waals surface area contributed by atoms with Crippen molar-refractivity contribution in [2.24, 2.45) is 7.05 Å². The highest BCUT2D eigenvalue weighted by Crippen LogP contribution is 2.29. The minimum Gasteiger partial charge on any atom is -0.496 e. The Kier molecular flexibility index (Phi) is 5.51. The van der Waals surface area contributed by atoms with E-state index in [4.69, 9.17) is 14.2 Å². The van der Waals surface area contributed by atoms with E-state index in [0.717, 1.165) is 5.56 Å². The second-order valence-electron chi connectivity index (χ2n) is 6.92. The van der Waals surface area contributed by atoms with E-state index in [1.54, 1.807) is 29.8 Å². The fraction of sp³-hybridized carbons (Fsp3) is 0.333. The molecule has 0 aliphatic carbocycles. The van der Waals surface area contributed by atoms with E-state index < -0.39 is 0 Å². The third-order valence-corrected chi connectivity index (χ3v) is 5.00. The van der Waals surface area contributed by atoms with E-state index in [-0.39, 0.29) is 12.0 Å². The van der Waals surface area contributed by atoms with E-state index in [9.17, 15) is 4.79 Å².